The van der Waals surface area contributed by atoms with Crippen LogP contribution < -0.4 is 10.0 Å². The lowest BCUT2D eigenvalue weighted by atomic mass is 10.2. The highest BCUT2D eigenvalue weighted by atomic mass is 79.9. The molecule has 0 amide bonds. The fourth-order valence-electron chi connectivity index (χ4n) is 2.01. The largest absolute Gasteiger partial charge is 0.310 e. The number of benzene rings is 1. The molecule has 4 nitrogen and oxygen atoms in total. The third-order valence-corrected chi connectivity index (χ3v) is 5.64. The zero-order valence-electron chi connectivity index (χ0n) is 13.1. The average molecular weight is 377 g/mol. The van der Waals surface area contributed by atoms with Gasteiger partial charge in [-0.15, -0.1) is 0 Å². The van der Waals surface area contributed by atoms with Crippen molar-refractivity contribution in [1.82, 2.24) is 10.0 Å². The van der Waals surface area contributed by atoms with Crippen LogP contribution in [0.25, 0.3) is 0 Å². The zero-order chi connectivity index (χ0) is 16.0. The normalized spacial score (nSPS) is 13.6. The first-order valence-corrected chi connectivity index (χ1v) is 9.58. The highest BCUT2D eigenvalue weighted by Gasteiger charge is 2.20. The number of rotatable bonds is 8. The van der Waals surface area contributed by atoms with Crippen LogP contribution >= 0.6 is 15.9 Å². The minimum atomic E-state index is -3.48. The molecule has 6 heteroatoms. The molecule has 0 bridgehead atoms. The maximum atomic E-state index is 12.4. The van der Waals surface area contributed by atoms with Gasteiger partial charge in [0.05, 0.1) is 4.90 Å². The Morgan fingerprint density at radius 2 is 1.90 bits per heavy atom. The van der Waals surface area contributed by atoms with Crippen molar-refractivity contribution in [3.8, 4) is 0 Å². The second-order valence-corrected chi connectivity index (χ2v) is 8.15. The first-order chi connectivity index (χ1) is 9.76. The third kappa shape index (κ3) is 6.06. The van der Waals surface area contributed by atoms with E-state index in [1.807, 2.05) is 26.0 Å². The SMILES string of the molecule is CCCC(C)NS(=O)(=O)c1ccc(CNC(C)C)cc1Br. The smallest absolute Gasteiger partial charge is 0.241 e. The molecule has 1 aromatic rings. The summed E-state index contributed by atoms with van der Waals surface area (Å²) in [6.45, 7) is 8.79. The molecule has 1 rings (SSSR count). The molecule has 1 aromatic carbocycles. The molecule has 0 saturated heterocycles. The summed E-state index contributed by atoms with van der Waals surface area (Å²) in [7, 11) is -3.48. The Balaban J connectivity index is 2.88. The second kappa shape index (κ2) is 8.27. The summed E-state index contributed by atoms with van der Waals surface area (Å²) in [5, 5.41) is 3.31. The quantitative estimate of drug-likeness (QED) is 0.730. The van der Waals surface area contributed by atoms with E-state index >= 15 is 0 Å². The van der Waals surface area contributed by atoms with Gasteiger partial charge < -0.3 is 5.32 Å². The number of sulfonamides is 1. The molecule has 0 aliphatic heterocycles. The van der Waals surface area contributed by atoms with Crippen LogP contribution in [0.4, 0.5) is 0 Å². The number of hydrogen-bond donors (Lipinski definition) is 2. The maximum Gasteiger partial charge on any atom is 0.241 e. The molecule has 2 N–H and O–H groups in total. The van der Waals surface area contributed by atoms with Crippen LogP contribution in [0.5, 0.6) is 0 Å². The van der Waals surface area contributed by atoms with Crippen molar-refractivity contribution in [1.29, 1.82) is 0 Å². The van der Waals surface area contributed by atoms with Crippen molar-refractivity contribution in [2.24, 2.45) is 0 Å². The maximum absolute atomic E-state index is 12.4. The Bertz CT molecular complexity index is 559. The molecule has 0 aliphatic rings. The number of halogens is 1. The van der Waals surface area contributed by atoms with Gasteiger partial charge in [-0.2, -0.15) is 0 Å². The van der Waals surface area contributed by atoms with Gasteiger partial charge in [-0.05, 0) is 47.0 Å². The van der Waals surface area contributed by atoms with Gasteiger partial charge in [-0.1, -0.05) is 33.3 Å². The van der Waals surface area contributed by atoms with Gasteiger partial charge >= 0.3 is 0 Å². The standard InChI is InChI=1S/C15H25BrN2O2S/c1-5-6-12(4)18-21(19,20)15-8-7-13(9-14(15)16)10-17-11(2)3/h7-9,11-12,17-18H,5-6,10H2,1-4H3. The molecular formula is C15H25BrN2O2S. The van der Waals surface area contributed by atoms with E-state index in [4.69, 9.17) is 0 Å². The van der Waals surface area contributed by atoms with Crippen LogP contribution in [0.1, 0.15) is 46.1 Å². The van der Waals surface area contributed by atoms with Crippen molar-refractivity contribution in [2.45, 2.75) is 64.1 Å². The summed E-state index contributed by atoms with van der Waals surface area (Å²) in [5.41, 5.74) is 1.05. The lowest BCUT2D eigenvalue weighted by molar-refractivity contribution is 0.543. The summed E-state index contributed by atoms with van der Waals surface area (Å²) in [6, 6.07) is 5.69. The monoisotopic (exact) mass is 376 g/mol. The van der Waals surface area contributed by atoms with Gasteiger partial charge in [-0.25, -0.2) is 13.1 Å². The van der Waals surface area contributed by atoms with Gasteiger partial charge in [0, 0.05) is 23.1 Å². The summed E-state index contributed by atoms with van der Waals surface area (Å²) in [6.07, 6.45) is 1.78. The molecule has 1 atom stereocenters. The molecule has 21 heavy (non-hydrogen) atoms. The van der Waals surface area contributed by atoms with Gasteiger partial charge in [0.1, 0.15) is 0 Å². The van der Waals surface area contributed by atoms with E-state index in [9.17, 15) is 8.42 Å². The van der Waals surface area contributed by atoms with Gasteiger partial charge in [0.25, 0.3) is 0 Å². The molecule has 0 spiro atoms. The minimum Gasteiger partial charge on any atom is -0.310 e. The van der Waals surface area contributed by atoms with E-state index in [0.717, 1.165) is 24.9 Å². The molecule has 0 fully saturated rings. The Labute approximate surface area is 136 Å². The van der Waals surface area contributed by atoms with Crippen molar-refractivity contribution in [3.05, 3.63) is 28.2 Å². The highest BCUT2D eigenvalue weighted by molar-refractivity contribution is 9.10. The molecule has 0 aliphatic carbocycles. The van der Waals surface area contributed by atoms with Crippen LogP contribution in [-0.2, 0) is 16.6 Å². The third-order valence-electron chi connectivity index (χ3n) is 3.08. The van der Waals surface area contributed by atoms with Crippen molar-refractivity contribution < 1.29 is 8.42 Å². The van der Waals surface area contributed by atoms with Crippen LogP contribution in [0.3, 0.4) is 0 Å². The van der Waals surface area contributed by atoms with E-state index in [2.05, 4.69) is 39.8 Å². The Morgan fingerprint density at radius 1 is 1.24 bits per heavy atom. The zero-order valence-corrected chi connectivity index (χ0v) is 15.5. The van der Waals surface area contributed by atoms with E-state index in [1.54, 1.807) is 6.07 Å². The first kappa shape index (κ1) is 18.6. The van der Waals surface area contributed by atoms with Crippen LogP contribution in [0.15, 0.2) is 27.6 Å². The molecule has 1 unspecified atom stereocenters. The topological polar surface area (TPSA) is 58.2 Å². The van der Waals surface area contributed by atoms with Crippen molar-refractivity contribution in [2.75, 3.05) is 0 Å². The lowest BCUT2D eigenvalue weighted by Crippen LogP contribution is -2.32. The predicted octanol–water partition coefficient (Wildman–Crippen LogP) is 3.41. The molecular weight excluding hydrogens is 352 g/mol. The Morgan fingerprint density at radius 3 is 2.43 bits per heavy atom. The summed E-state index contributed by atoms with van der Waals surface area (Å²) < 4.78 is 28.0. The molecule has 120 valence electrons. The Hall–Kier alpha value is -0.430. The van der Waals surface area contributed by atoms with Crippen LogP contribution in [0, 0.1) is 0 Å². The van der Waals surface area contributed by atoms with Crippen LogP contribution in [-0.4, -0.2) is 20.5 Å². The highest BCUT2D eigenvalue weighted by Crippen LogP contribution is 2.23. The lowest BCUT2D eigenvalue weighted by Gasteiger charge is -2.15. The minimum absolute atomic E-state index is 0.0609. The summed E-state index contributed by atoms with van der Waals surface area (Å²) in [4.78, 5) is 0.291. The summed E-state index contributed by atoms with van der Waals surface area (Å²) >= 11 is 3.37. The van der Waals surface area contributed by atoms with Crippen molar-refractivity contribution in [3.63, 3.8) is 0 Å². The van der Waals surface area contributed by atoms with E-state index in [-0.39, 0.29) is 6.04 Å². The predicted molar refractivity (Wildman–Crippen MR) is 90.8 cm³/mol. The van der Waals surface area contributed by atoms with E-state index in [1.165, 1.54) is 0 Å². The average Bonchev–Trinajstić information content (AvgIpc) is 2.35. The van der Waals surface area contributed by atoms with Gasteiger partial charge in [0.2, 0.25) is 10.0 Å². The summed E-state index contributed by atoms with van der Waals surface area (Å²) in [5.74, 6) is 0. The van der Waals surface area contributed by atoms with Crippen molar-refractivity contribution >= 4 is 26.0 Å². The fraction of sp³-hybridized carbons (Fsp3) is 0.600. The first-order valence-electron chi connectivity index (χ1n) is 7.30. The molecule has 0 aromatic heterocycles. The van der Waals surface area contributed by atoms with E-state index < -0.39 is 10.0 Å². The molecule has 0 radical (unpaired) electrons. The van der Waals surface area contributed by atoms with Gasteiger partial charge in [0.15, 0.2) is 0 Å². The molecule has 0 heterocycles. The van der Waals surface area contributed by atoms with Crippen LogP contribution in [0.2, 0.25) is 0 Å². The number of hydrogen-bond acceptors (Lipinski definition) is 3. The Kier molecular flexibility index (Phi) is 7.33. The molecule has 0 saturated carbocycles. The number of nitrogens with one attached hydrogen (secondary N) is 2. The fourth-order valence-corrected chi connectivity index (χ4v) is 4.42. The second-order valence-electron chi connectivity index (χ2n) is 5.61. The van der Waals surface area contributed by atoms with Gasteiger partial charge in [-0.3, -0.25) is 0 Å². The van der Waals surface area contributed by atoms with E-state index in [0.29, 0.717) is 15.4 Å².